The Kier molecular flexibility index (Phi) is 6.89. The van der Waals surface area contributed by atoms with Gasteiger partial charge in [-0.05, 0) is 44.7 Å². The maximum Gasteiger partial charge on any atom is 0.0405 e. The second-order valence-corrected chi connectivity index (χ2v) is 4.08. The van der Waals surface area contributed by atoms with Crippen molar-refractivity contribution in [3.8, 4) is 0 Å². The third-order valence-corrected chi connectivity index (χ3v) is 2.74. The molecule has 0 radical (unpaired) electrons. The van der Waals surface area contributed by atoms with Crippen molar-refractivity contribution in [2.75, 3.05) is 11.4 Å². The molecule has 1 rings (SSSR count). The number of hydrogen-bond acceptors (Lipinski definition) is 1. The Morgan fingerprint density at radius 1 is 1.12 bits per heavy atom. The molecule has 1 heteroatoms. The first kappa shape index (κ1) is 13.6. The minimum atomic E-state index is 1.01. The van der Waals surface area contributed by atoms with Crippen molar-refractivity contribution in [3.63, 3.8) is 0 Å². The van der Waals surface area contributed by atoms with Gasteiger partial charge in [-0.2, -0.15) is 0 Å². The molecule has 92 valence electrons. The van der Waals surface area contributed by atoms with Gasteiger partial charge in [-0.25, -0.2) is 0 Å². The van der Waals surface area contributed by atoms with E-state index in [0.29, 0.717) is 0 Å². The summed E-state index contributed by atoms with van der Waals surface area (Å²) in [4.78, 5) is 2.27. The lowest BCUT2D eigenvalue weighted by atomic mass is 10.2. The number of hydrogen-bond donors (Lipinski definition) is 0. The second-order valence-electron chi connectivity index (χ2n) is 4.08. The molecular formula is C16H23N. The van der Waals surface area contributed by atoms with Crippen LogP contribution in [0.3, 0.4) is 0 Å². The van der Waals surface area contributed by atoms with Crippen LogP contribution in [0.5, 0.6) is 0 Å². The van der Waals surface area contributed by atoms with Crippen molar-refractivity contribution in [1.29, 1.82) is 0 Å². The molecule has 1 nitrogen and oxygen atoms in total. The van der Waals surface area contributed by atoms with E-state index in [4.69, 9.17) is 0 Å². The standard InChI is InChI=1S/C16H23N/c1-3-5-6-7-8-12-15-17(4-2)16-13-10-9-11-14-16/h3,9-15H,1,4-8H2,2H3. The lowest BCUT2D eigenvalue weighted by Crippen LogP contribution is -2.14. The summed E-state index contributed by atoms with van der Waals surface area (Å²) in [6, 6.07) is 10.5. The van der Waals surface area contributed by atoms with E-state index < -0.39 is 0 Å². The third kappa shape index (κ3) is 5.39. The average molecular weight is 229 g/mol. The van der Waals surface area contributed by atoms with Gasteiger partial charge >= 0.3 is 0 Å². The Bertz CT molecular complexity index is 327. The van der Waals surface area contributed by atoms with Crippen molar-refractivity contribution in [3.05, 3.63) is 55.3 Å². The number of unbranched alkanes of at least 4 members (excludes halogenated alkanes) is 3. The molecule has 0 aliphatic heterocycles. The summed E-state index contributed by atoms with van der Waals surface area (Å²) in [7, 11) is 0. The van der Waals surface area contributed by atoms with E-state index in [1.165, 1.54) is 18.5 Å². The van der Waals surface area contributed by atoms with Crippen LogP contribution in [-0.2, 0) is 0 Å². The highest BCUT2D eigenvalue weighted by Crippen LogP contribution is 2.13. The Morgan fingerprint density at radius 2 is 1.82 bits per heavy atom. The Balaban J connectivity index is 2.37. The first-order valence-corrected chi connectivity index (χ1v) is 6.47. The normalized spacial score (nSPS) is 10.6. The molecule has 0 N–H and O–H groups in total. The summed E-state index contributed by atoms with van der Waals surface area (Å²) >= 11 is 0. The largest absolute Gasteiger partial charge is 0.349 e. The quantitative estimate of drug-likeness (QED) is 0.458. The molecule has 0 spiro atoms. The molecule has 0 aromatic heterocycles. The average Bonchev–Trinajstić information content (AvgIpc) is 2.39. The highest BCUT2D eigenvalue weighted by molar-refractivity contribution is 5.48. The van der Waals surface area contributed by atoms with Gasteiger partial charge in [-0.15, -0.1) is 6.58 Å². The van der Waals surface area contributed by atoms with Gasteiger partial charge in [-0.1, -0.05) is 30.4 Å². The molecule has 0 aliphatic rings. The van der Waals surface area contributed by atoms with Gasteiger partial charge in [0.15, 0.2) is 0 Å². The molecule has 0 saturated heterocycles. The van der Waals surface area contributed by atoms with Crippen LogP contribution in [0.25, 0.3) is 0 Å². The summed E-state index contributed by atoms with van der Waals surface area (Å²) in [6.45, 7) is 6.92. The SMILES string of the molecule is C=CCCCCC=CN(CC)c1ccccc1. The summed E-state index contributed by atoms with van der Waals surface area (Å²) in [5.74, 6) is 0. The molecule has 0 fully saturated rings. The fourth-order valence-corrected chi connectivity index (χ4v) is 1.75. The van der Waals surface area contributed by atoms with Crippen LogP contribution in [0.4, 0.5) is 5.69 Å². The van der Waals surface area contributed by atoms with Gasteiger partial charge in [0.05, 0.1) is 0 Å². The minimum absolute atomic E-state index is 1.01. The molecule has 0 atom stereocenters. The predicted molar refractivity (Wildman–Crippen MR) is 77.3 cm³/mol. The predicted octanol–water partition coefficient (Wildman–Crippen LogP) is 4.77. The van der Waals surface area contributed by atoms with Crippen LogP contribution in [0, 0.1) is 0 Å². The number of para-hydroxylation sites is 1. The van der Waals surface area contributed by atoms with Crippen molar-refractivity contribution in [2.45, 2.75) is 32.6 Å². The molecule has 1 aromatic carbocycles. The van der Waals surface area contributed by atoms with Crippen LogP contribution in [-0.4, -0.2) is 6.54 Å². The molecule has 0 saturated carbocycles. The molecule has 0 amide bonds. The van der Waals surface area contributed by atoms with Gasteiger partial charge < -0.3 is 4.90 Å². The van der Waals surface area contributed by atoms with Crippen molar-refractivity contribution >= 4 is 5.69 Å². The molecule has 0 aliphatic carbocycles. The van der Waals surface area contributed by atoms with E-state index in [1.54, 1.807) is 0 Å². The molecular weight excluding hydrogens is 206 g/mol. The zero-order valence-corrected chi connectivity index (χ0v) is 10.8. The topological polar surface area (TPSA) is 3.24 Å². The smallest absolute Gasteiger partial charge is 0.0405 e. The van der Waals surface area contributed by atoms with Crippen LogP contribution in [0.2, 0.25) is 0 Å². The number of benzene rings is 1. The first-order valence-electron chi connectivity index (χ1n) is 6.47. The van der Waals surface area contributed by atoms with E-state index in [1.807, 2.05) is 6.08 Å². The third-order valence-electron chi connectivity index (χ3n) is 2.74. The summed E-state index contributed by atoms with van der Waals surface area (Å²) in [5.41, 5.74) is 1.26. The van der Waals surface area contributed by atoms with Crippen LogP contribution >= 0.6 is 0 Å². The number of nitrogens with zero attached hydrogens (tertiary/aromatic N) is 1. The van der Waals surface area contributed by atoms with Gasteiger partial charge in [-0.3, -0.25) is 0 Å². The van der Waals surface area contributed by atoms with E-state index in [-0.39, 0.29) is 0 Å². The monoisotopic (exact) mass is 229 g/mol. The lowest BCUT2D eigenvalue weighted by Gasteiger charge is -2.18. The molecule has 0 unspecified atom stereocenters. The van der Waals surface area contributed by atoms with Crippen LogP contribution in [0.15, 0.2) is 55.3 Å². The van der Waals surface area contributed by atoms with Crippen LogP contribution < -0.4 is 4.90 Å². The maximum absolute atomic E-state index is 3.73. The van der Waals surface area contributed by atoms with E-state index in [0.717, 1.165) is 19.4 Å². The van der Waals surface area contributed by atoms with E-state index >= 15 is 0 Å². The minimum Gasteiger partial charge on any atom is -0.349 e. The lowest BCUT2D eigenvalue weighted by molar-refractivity contribution is 0.761. The summed E-state index contributed by atoms with van der Waals surface area (Å²) in [6.07, 6.45) is 11.2. The molecule has 1 aromatic rings. The maximum atomic E-state index is 3.73. The number of allylic oxidation sites excluding steroid dienone is 2. The summed E-state index contributed by atoms with van der Waals surface area (Å²) < 4.78 is 0. The van der Waals surface area contributed by atoms with E-state index in [2.05, 4.69) is 61.0 Å². The van der Waals surface area contributed by atoms with Gasteiger partial charge in [0.2, 0.25) is 0 Å². The van der Waals surface area contributed by atoms with Gasteiger partial charge in [0.1, 0.15) is 0 Å². The van der Waals surface area contributed by atoms with Gasteiger partial charge in [0.25, 0.3) is 0 Å². The summed E-state index contributed by atoms with van der Waals surface area (Å²) in [5, 5.41) is 0. The Hall–Kier alpha value is -1.50. The Labute approximate surface area is 105 Å². The zero-order valence-electron chi connectivity index (χ0n) is 10.8. The van der Waals surface area contributed by atoms with Gasteiger partial charge in [0, 0.05) is 18.4 Å². The van der Waals surface area contributed by atoms with Crippen molar-refractivity contribution < 1.29 is 0 Å². The highest BCUT2D eigenvalue weighted by Gasteiger charge is 1.97. The molecule has 0 bridgehead atoms. The van der Waals surface area contributed by atoms with Crippen molar-refractivity contribution in [1.82, 2.24) is 0 Å². The molecule has 17 heavy (non-hydrogen) atoms. The Morgan fingerprint density at radius 3 is 2.47 bits per heavy atom. The molecule has 0 heterocycles. The number of anilines is 1. The van der Waals surface area contributed by atoms with Crippen molar-refractivity contribution in [2.24, 2.45) is 0 Å². The fraction of sp³-hybridized carbons (Fsp3) is 0.375. The highest BCUT2D eigenvalue weighted by atomic mass is 15.1. The fourth-order valence-electron chi connectivity index (χ4n) is 1.75. The van der Waals surface area contributed by atoms with Crippen LogP contribution in [0.1, 0.15) is 32.6 Å². The number of rotatable bonds is 8. The second kappa shape index (κ2) is 8.63. The van der Waals surface area contributed by atoms with E-state index in [9.17, 15) is 0 Å². The first-order chi connectivity index (χ1) is 8.38. The zero-order chi connectivity index (χ0) is 12.3.